The first kappa shape index (κ1) is 13.6. The Morgan fingerprint density at radius 1 is 1.17 bits per heavy atom. The van der Waals surface area contributed by atoms with Crippen molar-refractivity contribution in [3.63, 3.8) is 0 Å². The van der Waals surface area contributed by atoms with Crippen LogP contribution in [0.5, 0.6) is 0 Å². The van der Waals surface area contributed by atoms with Crippen LogP contribution in [0.3, 0.4) is 0 Å². The smallest absolute Gasteiger partial charge is 0.265 e. The average Bonchev–Trinajstić information content (AvgIpc) is 2.30. The van der Waals surface area contributed by atoms with Crippen LogP contribution >= 0.6 is 31.9 Å². The van der Waals surface area contributed by atoms with Gasteiger partial charge in [-0.3, -0.25) is 4.79 Å². The highest BCUT2D eigenvalue weighted by Crippen LogP contribution is 2.17. The van der Waals surface area contributed by atoms with Gasteiger partial charge in [0.15, 0.2) is 0 Å². The molecule has 2 rings (SSSR count). The fourth-order valence-electron chi connectivity index (χ4n) is 1.95. The number of nitrogens with zero attached hydrogens (tertiary/aromatic N) is 1. The second kappa shape index (κ2) is 5.41. The predicted molar refractivity (Wildman–Crippen MR) is 81.1 cm³/mol. The van der Waals surface area contributed by atoms with Crippen LogP contribution in [0.4, 0.5) is 0 Å². The number of halogens is 2. The fraction of sp³-hybridized carbons (Fsp3) is 0.214. The number of benzene rings is 1. The van der Waals surface area contributed by atoms with Crippen molar-refractivity contribution in [3.05, 3.63) is 66.5 Å². The Labute approximate surface area is 123 Å². The van der Waals surface area contributed by atoms with Gasteiger partial charge in [0.1, 0.15) is 0 Å². The molecule has 1 aromatic carbocycles. The molecular formula is C14H13Br2NO. The van der Waals surface area contributed by atoms with Crippen molar-refractivity contribution in [2.24, 2.45) is 0 Å². The van der Waals surface area contributed by atoms with Gasteiger partial charge in [-0.25, -0.2) is 0 Å². The molecule has 94 valence electrons. The lowest BCUT2D eigenvalue weighted by molar-refractivity contribution is 0.743. The Morgan fingerprint density at radius 2 is 1.78 bits per heavy atom. The van der Waals surface area contributed by atoms with Crippen LogP contribution < -0.4 is 5.56 Å². The Bertz CT molecular complexity index is 626. The number of hydrogen-bond donors (Lipinski definition) is 0. The highest BCUT2D eigenvalue weighted by molar-refractivity contribution is 9.11. The topological polar surface area (TPSA) is 22.0 Å². The number of rotatable bonds is 2. The van der Waals surface area contributed by atoms with Gasteiger partial charge in [-0.05, 0) is 68.5 Å². The molecule has 4 heteroatoms. The Morgan fingerprint density at radius 3 is 2.39 bits per heavy atom. The van der Waals surface area contributed by atoms with Crippen LogP contribution in [-0.4, -0.2) is 4.57 Å². The van der Waals surface area contributed by atoms with E-state index in [4.69, 9.17) is 0 Å². The van der Waals surface area contributed by atoms with Crippen molar-refractivity contribution in [1.29, 1.82) is 0 Å². The first-order chi connectivity index (χ1) is 8.49. The number of aryl methyl sites for hydroxylation is 2. The summed E-state index contributed by atoms with van der Waals surface area (Å²) < 4.78 is 3.17. The largest absolute Gasteiger partial charge is 0.309 e. The Kier molecular flexibility index (Phi) is 4.07. The minimum absolute atomic E-state index is 0.0131. The van der Waals surface area contributed by atoms with Crippen molar-refractivity contribution in [1.82, 2.24) is 4.57 Å². The molecule has 2 nitrogen and oxygen atoms in total. The summed E-state index contributed by atoms with van der Waals surface area (Å²) in [6, 6.07) is 7.94. The molecule has 1 heterocycles. The lowest BCUT2D eigenvalue weighted by Gasteiger charge is -2.12. The molecule has 0 saturated carbocycles. The van der Waals surface area contributed by atoms with E-state index in [1.165, 1.54) is 16.7 Å². The summed E-state index contributed by atoms with van der Waals surface area (Å²) in [7, 11) is 0. The third-order valence-corrected chi connectivity index (χ3v) is 3.98. The van der Waals surface area contributed by atoms with E-state index in [1.54, 1.807) is 10.6 Å². The third kappa shape index (κ3) is 2.75. The molecule has 18 heavy (non-hydrogen) atoms. The van der Waals surface area contributed by atoms with Crippen LogP contribution in [0.25, 0.3) is 0 Å². The monoisotopic (exact) mass is 369 g/mol. The van der Waals surface area contributed by atoms with Crippen molar-refractivity contribution in [3.8, 4) is 0 Å². The summed E-state index contributed by atoms with van der Waals surface area (Å²) in [5.41, 5.74) is 3.60. The van der Waals surface area contributed by atoms with E-state index in [1.807, 2.05) is 12.3 Å². The van der Waals surface area contributed by atoms with E-state index in [2.05, 4.69) is 57.8 Å². The molecule has 0 fully saturated rings. The molecule has 0 radical (unpaired) electrons. The van der Waals surface area contributed by atoms with E-state index < -0.39 is 0 Å². The minimum Gasteiger partial charge on any atom is -0.309 e. The summed E-state index contributed by atoms with van der Waals surface area (Å²) in [6.45, 7) is 4.73. The number of aromatic nitrogens is 1. The van der Waals surface area contributed by atoms with Gasteiger partial charge in [0.2, 0.25) is 0 Å². The van der Waals surface area contributed by atoms with Gasteiger partial charge in [0.05, 0.1) is 11.0 Å². The van der Waals surface area contributed by atoms with Gasteiger partial charge in [0.25, 0.3) is 5.56 Å². The van der Waals surface area contributed by atoms with Crippen LogP contribution in [0.2, 0.25) is 0 Å². The highest BCUT2D eigenvalue weighted by Gasteiger charge is 2.07. The highest BCUT2D eigenvalue weighted by atomic mass is 79.9. The molecule has 0 aliphatic rings. The SMILES string of the molecule is Cc1cccc(C)c1Cn1cc(Br)cc(Br)c1=O. The molecule has 0 bridgehead atoms. The molecule has 0 N–H and O–H groups in total. The quantitative estimate of drug-likeness (QED) is 0.781. The Balaban J connectivity index is 2.50. The van der Waals surface area contributed by atoms with Gasteiger partial charge >= 0.3 is 0 Å². The van der Waals surface area contributed by atoms with E-state index in [9.17, 15) is 4.79 Å². The second-order valence-electron chi connectivity index (χ2n) is 4.31. The van der Waals surface area contributed by atoms with Crippen LogP contribution in [0, 0.1) is 13.8 Å². The average molecular weight is 371 g/mol. The van der Waals surface area contributed by atoms with E-state index in [0.717, 1.165) is 4.47 Å². The zero-order valence-electron chi connectivity index (χ0n) is 10.2. The molecule has 0 saturated heterocycles. The Hall–Kier alpha value is -0.870. The van der Waals surface area contributed by atoms with Gasteiger partial charge in [0, 0.05) is 10.7 Å². The summed E-state index contributed by atoms with van der Waals surface area (Å²) in [4.78, 5) is 12.0. The first-order valence-corrected chi connectivity index (χ1v) is 7.18. The number of hydrogen-bond acceptors (Lipinski definition) is 1. The maximum absolute atomic E-state index is 12.0. The van der Waals surface area contributed by atoms with Crippen molar-refractivity contribution in [2.75, 3.05) is 0 Å². The normalized spacial score (nSPS) is 10.7. The van der Waals surface area contributed by atoms with Crippen molar-refractivity contribution >= 4 is 31.9 Å². The third-order valence-electron chi connectivity index (χ3n) is 2.98. The lowest BCUT2D eigenvalue weighted by Crippen LogP contribution is -2.21. The van der Waals surface area contributed by atoms with Crippen molar-refractivity contribution < 1.29 is 0 Å². The molecule has 0 atom stereocenters. The maximum atomic E-state index is 12.0. The maximum Gasteiger partial charge on any atom is 0.265 e. The molecule has 1 aromatic heterocycles. The minimum atomic E-state index is -0.0131. The molecular weight excluding hydrogens is 358 g/mol. The van der Waals surface area contributed by atoms with Gasteiger partial charge in [-0.15, -0.1) is 0 Å². The zero-order valence-corrected chi connectivity index (χ0v) is 13.4. The van der Waals surface area contributed by atoms with Gasteiger partial charge < -0.3 is 4.57 Å². The fourth-order valence-corrected chi connectivity index (χ4v) is 3.21. The van der Waals surface area contributed by atoms with E-state index >= 15 is 0 Å². The molecule has 0 aliphatic carbocycles. The molecule has 0 aliphatic heterocycles. The van der Waals surface area contributed by atoms with Gasteiger partial charge in [-0.1, -0.05) is 18.2 Å². The van der Waals surface area contributed by atoms with Gasteiger partial charge in [-0.2, -0.15) is 0 Å². The lowest BCUT2D eigenvalue weighted by atomic mass is 10.0. The summed E-state index contributed by atoms with van der Waals surface area (Å²) in [5, 5.41) is 0. The van der Waals surface area contributed by atoms with Crippen LogP contribution in [0.1, 0.15) is 16.7 Å². The molecule has 2 aromatic rings. The standard InChI is InChI=1S/C14H13Br2NO/c1-9-4-3-5-10(2)12(9)8-17-7-11(15)6-13(16)14(17)18/h3-7H,8H2,1-2H3. The van der Waals surface area contributed by atoms with Crippen molar-refractivity contribution in [2.45, 2.75) is 20.4 Å². The molecule has 0 amide bonds. The second-order valence-corrected chi connectivity index (χ2v) is 6.08. The van der Waals surface area contributed by atoms with E-state index in [0.29, 0.717) is 11.0 Å². The van der Waals surface area contributed by atoms with E-state index in [-0.39, 0.29) is 5.56 Å². The molecule has 0 unspecified atom stereocenters. The predicted octanol–water partition coefficient (Wildman–Crippen LogP) is 4.04. The summed E-state index contributed by atoms with van der Waals surface area (Å²) >= 11 is 6.69. The zero-order chi connectivity index (χ0) is 13.3. The van der Waals surface area contributed by atoms with Crippen LogP contribution in [0.15, 0.2) is 44.2 Å². The number of pyridine rings is 1. The van der Waals surface area contributed by atoms with Crippen LogP contribution in [-0.2, 0) is 6.54 Å². The summed E-state index contributed by atoms with van der Waals surface area (Å²) in [6.07, 6.45) is 1.82. The molecule has 0 spiro atoms. The first-order valence-electron chi connectivity index (χ1n) is 5.59. The summed E-state index contributed by atoms with van der Waals surface area (Å²) in [5.74, 6) is 0.